The molecule has 3 aromatic carbocycles. The third kappa shape index (κ3) is 4.52. The predicted octanol–water partition coefficient (Wildman–Crippen LogP) is 6.02. The largest absolute Gasteiger partial charge is 0.325 e. The second-order valence-corrected chi connectivity index (χ2v) is 9.06. The lowest BCUT2D eigenvalue weighted by Gasteiger charge is -2.40. The summed E-state index contributed by atoms with van der Waals surface area (Å²) in [4.78, 5) is 23.5. The van der Waals surface area contributed by atoms with Crippen molar-refractivity contribution in [1.29, 1.82) is 0 Å². The molecule has 0 bridgehead atoms. The molecule has 164 valence electrons. The lowest BCUT2D eigenvalue weighted by atomic mass is 9.62. The molecule has 4 nitrogen and oxygen atoms in total. The number of rotatable bonds is 6. The van der Waals surface area contributed by atoms with E-state index in [-0.39, 0.29) is 27.9 Å². The molecule has 1 aliphatic rings. The molecule has 0 unspecified atom stereocenters. The first kappa shape index (κ1) is 22.7. The summed E-state index contributed by atoms with van der Waals surface area (Å²) in [7, 11) is 0. The van der Waals surface area contributed by atoms with E-state index in [0.29, 0.717) is 0 Å². The van der Waals surface area contributed by atoms with Gasteiger partial charge in [-0.1, -0.05) is 80.4 Å². The standard InChI is InChI=1S/C26H24Br2N2O2/c27-16-24(31)29-21-11-7-19(8-12-21)26(15-3-5-18-4-1-2-6-23(18)26)20-9-13-22(14-10-20)30-25(32)17-28/h1-2,4,6-14H,3,5,15-17H2,(H,29,31)(H,30,32). The number of carbonyl (C=O) groups is 2. The number of aryl methyl sites for hydroxylation is 1. The summed E-state index contributed by atoms with van der Waals surface area (Å²) >= 11 is 6.38. The molecule has 6 heteroatoms. The van der Waals surface area contributed by atoms with Gasteiger partial charge in [0, 0.05) is 16.8 Å². The smallest absolute Gasteiger partial charge is 0.235 e. The monoisotopic (exact) mass is 554 g/mol. The van der Waals surface area contributed by atoms with Gasteiger partial charge in [-0.2, -0.15) is 0 Å². The summed E-state index contributed by atoms with van der Waals surface area (Å²) < 4.78 is 0. The summed E-state index contributed by atoms with van der Waals surface area (Å²) in [5.41, 5.74) is 6.35. The zero-order valence-corrected chi connectivity index (χ0v) is 20.7. The van der Waals surface area contributed by atoms with Crippen LogP contribution in [0, 0.1) is 0 Å². The van der Waals surface area contributed by atoms with E-state index in [4.69, 9.17) is 0 Å². The van der Waals surface area contributed by atoms with Crippen molar-refractivity contribution in [3.8, 4) is 0 Å². The molecule has 4 rings (SSSR count). The Morgan fingerprint density at radius 3 is 1.75 bits per heavy atom. The SMILES string of the molecule is O=C(CBr)Nc1ccc(C2(c3ccc(NC(=O)CBr)cc3)CCCc3ccccc32)cc1. The normalized spacial score (nSPS) is 14.3. The number of hydrogen-bond donors (Lipinski definition) is 2. The lowest BCUT2D eigenvalue weighted by Crippen LogP contribution is -2.33. The van der Waals surface area contributed by atoms with Crippen molar-refractivity contribution in [2.75, 3.05) is 21.3 Å². The molecule has 0 heterocycles. The van der Waals surface area contributed by atoms with Gasteiger partial charge in [0.15, 0.2) is 0 Å². The van der Waals surface area contributed by atoms with Crippen molar-refractivity contribution < 1.29 is 9.59 Å². The molecule has 3 aromatic rings. The van der Waals surface area contributed by atoms with E-state index in [1.165, 1.54) is 22.3 Å². The van der Waals surface area contributed by atoms with Crippen LogP contribution in [0.4, 0.5) is 11.4 Å². The Kier molecular flexibility index (Phi) is 7.11. The van der Waals surface area contributed by atoms with Crippen LogP contribution < -0.4 is 10.6 Å². The van der Waals surface area contributed by atoms with Gasteiger partial charge in [-0.05, 0) is 65.8 Å². The summed E-state index contributed by atoms with van der Waals surface area (Å²) in [5.74, 6) is -0.145. The van der Waals surface area contributed by atoms with E-state index < -0.39 is 0 Å². The molecule has 0 atom stereocenters. The molecule has 0 spiro atoms. The van der Waals surface area contributed by atoms with Crippen LogP contribution in [0.25, 0.3) is 0 Å². The number of hydrogen-bond acceptors (Lipinski definition) is 2. The van der Waals surface area contributed by atoms with E-state index in [2.05, 4.69) is 91.0 Å². The van der Waals surface area contributed by atoms with E-state index in [0.717, 1.165) is 30.6 Å². The number of alkyl halides is 2. The minimum Gasteiger partial charge on any atom is -0.325 e. The maximum Gasteiger partial charge on any atom is 0.235 e. The van der Waals surface area contributed by atoms with Gasteiger partial charge in [-0.15, -0.1) is 0 Å². The fourth-order valence-corrected chi connectivity index (χ4v) is 4.94. The Labute approximate surface area is 205 Å². The number of benzene rings is 3. The summed E-state index contributed by atoms with van der Waals surface area (Å²) in [5, 5.41) is 6.32. The van der Waals surface area contributed by atoms with E-state index in [1.54, 1.807) is 0 Å². The zero-order chi connectivity index (χ0) is 22.6. The fourth-order valence-electron chi connectivity index (χ4n) is 4.66. The number of amides is 2. The molecule has 0 aromatic heterocycles. The molecule has 32 heavy (non-hydrogen) atoms. The van der Waals surface area contributed by atoms with Gasteiger partial charge in [0.05, 0.1) is 10.7 Å². The van der Waals surface area contributed by atoms with Crippen LogP contribution in [-0.4, -0.2) is 22.5 Å². The maximum absolute atomic E-state index is 11.8. The number of carbonyl (C=O) groups excluding carboxylic acids is 2. The average molecular weight is 556 g/mol. The third-order valence-corrected chi connectivity index (χ3v) is 7.06. The number of nitrogens with one attached hydrogen (secondary N) is 2. The van der Waals surface area contributed by atoms with Crippen LogP contribution in [0.5, 0.6) is 0 Å². The average Bonchev–Trinajstić information content (AvgIpc) is 2.84. The van der Waals surface area contributed by atoms with E-state index in [9.17, 15) is 9.59 Å². The van der Waals surface area contributed by atoms with Crippen molar-refractivity contribution >= 4 is 55.0 Å². The Morgan fingerprint density at radius 2 is 1.25 bits per heavy atom. The van der Waals surface area contributed by atoms with Crippen LogP contribution in [0.15, 0.2) is 72.8 Å². The third-order valence-electron chi connectivity index (χ3n) is 6.04. The van der Waals surface area contributed by atoms with Crippen molar-refractivity contribution in [1.82, 2.24) is 0 Å². The van der Waals surface area contributed by atoms with Gasteiger partial charge < -0.3 is 10.6 Å². The molecule has 0 saturated heterocycles. The first-order valence-electron chi connectivity index (χ1n) is 10.6. The Hall–Kier alpha value is -2.44. The van der Waals surface area contributed by atoms with E-state index >= 15 is 0 Å². The molecule has 2 N–H and O–H groups in total. The van der Waals surface area contributed by atoms with Gasteiger partial charge in [0.25, 0.3) is 0 Å². The Morgan fingerprint density at radius 1 is 0.750 bits per heavy atom. The summed E-state index contributed by atoms with van der Waals surface area (Å²) in [6.45, 7) is 0. The topological polar surface area (TPSA) is 58.2 Å². The Balaban J connectivity index is 1.79. The first-order chi connectivity index (χ1) is 15.6. The molecule has 2 amide bonds. The molecule has 0 radical (unpaired) electrons. The van der Waals surface area contributed by atoms with Crippen molar-refractivity contribution in [2.24, 2.45) is 0 Å². The highest BCUT2D eigenvalue weighted by atomic mass is 79.9. The van der Waals surface area contributed by atoms with Crippen LogP contribution in [0.2, 0.25) is 0 Å². The Bertz CT molecular complexity index is 1050. The van der Waals surface area contributed by atoms with Gasteiger partial charge in [0.2, 0.25) is 11.8 Å². The summed E-state index contributed by atoms with van der Waals surface area (Å²) in [6, 6.07) is 25.0. The van der Waals surface area contributed by atoms with Crippen molar-refractivity contribution in [2.45, 2.75) is 24.7 Å². The van der Waals surface area contributed by atoms with Gasteiger partial charge in [-0.25, -0.2) is 0 Å². The zero-order valence-electron chi connectivity index (χ0n) is 17.5. The molecule has 0 saturated carbocycles. The van der Waals surface area contributed by atoms with Crippen LogP contribution in [0.3, 0.4) is 0 Å². The quantitative estimate of drug-likeness (QED) is 0.365. The lowest BCUT2D eigenvalue weighted by molar-refractivity contribution is -0.114. The van der Waals surface area contributed by atoms with Crippen LogP contribution in [0.1, 0.15) is 35.1 Å². The number of anilines is 2. The van der Waals surface area contributed by atoms with Gasteiger partial charge in [0.1, 0.15) is 0 Å². The number of halogens is 2. The predicted molar refractivity (Wildman–Crippen MR) is 137 cm³/mol. The molecule has 1 aliphatic carbocycles. The maximum atomic E-state index is 11.8. The number of fused-ring (bicyclic) bond motifs is 1. The second kappa shape index (κ2) is 10.0. The van der Waals surface area contributed by atoms with Crippen molar-refractivity contribution in [3.05, 3.63) is 95.1 Å². The van der Waals surface area contributed by atoms with Crippen LogP contribution in [-0.2, 0) is 21.4 Å². The molecule has 0 fully saturated rings. The highest BCUT2D eigenvalue weighted by Gasteiger charge is 2.39. The highest BCUT2D eigenvalue weighted by Crippen LogP contribution is 2.48. The minimum absolute atomic E-state index is 0.0726. The van der Waals surface area contributed by atoms with Crippen molar-refractivity contribution in [3.63, 3.8) is 0 Å². The molecule has 0 aliphatic heterocycles. The highest BCUT2D eigenvalue weighted by molar-refractivity contribution is 9.09. The molecular weight excluding hydrogens is 532 g/mol. The first-order valence-corrected chi connectivity index (χ1v) is 12.8. The minimum atomic E-state index is -0.287. The van der Waals surface area contributed by atoms with E-state index in [1.807, 2.05) is 24.3 Å². The van der Waals surface area contributed by atoms with Gasteiger partial charge in [-0.3, -0.25) is 9.59 Å². The summed E-state index contributed by atoms with van der Waals surface area (Å²) in [6.07, 6.45) is 3.14. The second-order valence-electron chi connectivity index (χ2n) is 7.93. The molecular formula is C26H24Br2N2O2. The van der Waals surface area contributed by atoms with Gasteiger partial charge >= 0.3 is 0 Å². The fraction of sp³-hybridized carbons (Fsp3) is 0.231. The van der Waals surface area contributed by atoms with Crippen LogP contribution >= 0.6 is 31.9 Å².